The van der Waals surface area contributed by atoms with Crippen LogP contribution in [0.1, 0.15) is 19.8 Å². The van der Waals surface area contributed by atoms with E-state index >= 15 is 0 Å². The second kappa shape index (κ2) is 11.6. The molecule has 1 fully saturated rings. The second-order valence-corrected chi connectivity index (χ2v) is 11.9. The first-order chi connectivity index (χ1) is 9.70. The molecule has 0 N–H and O–H groups in total. The average molecular weight is 369 g/mol. The molecular weight excluding hydrogens is 344 g/mol. The molecule has 1 nitrogen and oxygen atoms in total. The first kappa shape index (κ1) is 19.1. The summed E-state index contributed by atoms with van der Waals surface area (Å²) in [6, 6.07) is 0. The lowest BCUT2D eigenvalue weighted by atomic mass is 10.00. The van der Waals surface area contributed by atoms with Crippen molar-refractivity contribution in [2.45, 2.75) is 30.3 Å². The molecule has 1 rings (SSSR count). The zero-order valence-corrected chi connectivity index (χ0v) is 16.1. The lowest BCUT2D eigenvalue weighted by Crippen LogP contribution is -2.39. The van der Waals surface area contributed by atoms with Crippen LogP contribution in [0.4, 0.5) is 0 Å². The number of hydrogen-bond acceptors (Lipinski definition) is 5. The third-order valence-corrected chi connectivity index (χ3v) is 10.4. The van der Waals surface area contributed by atoms with E-state index in [9.17, 15) is 4.21 Å². The van der Waals surface area contributed by atoms with Gasteiger partial charge in [-0.15, -0.1) is 13.2 Å². The van der Waals surface area contributed by atoms with Gasteiger partial charge >= 0.3 is 0 Å². The lowest BCUT2D eigenvalue weighted by molar-refractivity contribution is 0.475. The van der Waals surface area contributed by atoms with Crippen LogP contribution < -0.4 is 0 Å². The normalized spacial score (nSPS) is 30.1. The molecule has 1 saturated heterocycles. The van der Waals surface area contributed by atoms with Crippen LogP contribution in [0.3, 0.4) is 0 Å². The van der Waals surface area contributed by atoms with Crippen LogP contribution in [-0.2, 0) is 10.8 Å². The first-order valence-corrected chi connectivity index (χ1v) is 13.1. The van der Waals surface area contributed by atoms with Gasteiger partial charge in [0.25, 0.3) is 0 Å². The van der Waals surface area contributed by atoms with Crippen LogP contribution in [0, 0.1) is 5.92 Å². The summed E-state index contributed by atoms with van der Waals surface area (Å²) in [6.45, 7) is 9.62. The summed E-state index contributed by atoms with van der Waals surface area (Å²) in [5.41, 5.74) is 0. The molecule has 1 heterocycles. The van der Waals surface area contributed by atoms with Crippen molar-refractivity contribution in [3.05, 3.63) is 25.3 Å². The maximum Gasteiger partial charge on any atom is 0.0485 e. The molecule has 20 heavy (non-hydrogen) atoms. The SMILES string of the molecule is C=CCSSC[C@@H]1CCC(C)S(=O)[C@H]1CSSCC=C. The van der Waals surface area contributed by atoms with E-state index in [1.807, 2.05) is 55.3 Å². The molecule has 6 heteroatoms. The highest BCUT2D eigenvalue weighted by Gasteiger charge is 2.34. The van der Waals surface area contributed by atoms with Crippen molar-refractivity contribution in [3.8, 4) is 0 Å². The van der Waals surface area contributed by atoms with E-state index in [1.54, 1.807) is 0 Å². The summed E-state index contributed by atoms with van der Waals surface area (Å²) in [6.07, 6.45) is 6.21. The van der Waals surface area contributed by atoms with Crippen LogP contribution in [0.2, 0.25) is 0 Å². The highest BCUT2D eigenvalue weighted by atomic mass is 33.1. The maximum atomic E-state index is 12.5. The van der Waals surface area contributed by atoms with Gasteiger partial charge < -0.3 is 0 Å². The van der Waals surface area contributed by atoms with E-state index in [4.69, 9.17) is 0 Å². The molecule has 0 aromatic heterocycles. The molecule has 0 aromatic carbocycles. The van der Waals surface area contributed by atoms with Crippen molar-refractivity contribution >= 4 is 54.0 Å². The number of rotatable bonds is 10. The van der Waals surface area contributed by atoms with E-state index in [1.165, 1.54) is 6.42 Å². The minimum absolute atomic E-state index is 0.359. The third-order valence-electron chi connectivity index (χ3n) is 3.22. The fourth-order valence-corrected chi connectivity index (χ4v) is 9.03. The van der Waals surface area contributed by atoms with Crippen molar-refractivity contribution in [2.24, 2.45) is 5.92 Å². The largest absolute Gasteiger partial charge is 0.259 e. The predicted octanol–water partition coefficient (Wildman–Crippen LogP) is 5.04. The lowest BCUT2D eigenvalue weighted by Gasteiger charge is -2.33. The minimum atomic E-state index is -0.668. The Labute approximate surface area is 142 Å². The molecule has 0 saturated carbocycles. The molecule has 4 atom stereocenters. The molecule has 1 aliphatic heterocycles. The molecule has 116 valence electrons. The van der Waals surface area contributed by atoms with Gasteiger partial charge in [-0.3, -0.25) is 4.21 Å². The molecular formula is C14H24OS5. The zero-order valence-electron chi connectivity index (χ0n) is 12.0. The molecule has 2 unspecified atom stereocenters. The Morgan fingerprint density at radius 1 is 1.05 bits per heavy atom. The highest BCUT2D eigenvalue weighted by Crippen LogP contribution is 2.37. The Kier molecular flexibility index (Phi) is 11.0. The molecule has 0 radical (unpaired) electrons. The van der Waals surface area contributed by atoms with E-state index < -0.39 is 10.8 Å². The summed E-state index contributed by atoms with van der Waals surface area (Å²) < 4.78 is 12.5. The van der Waals surface area contributed by atoms with E-state index in [2.05, 4.69) is 20.1 Å². The average Bonchev–Trinajstić information content (AvgIpc) is 2.45. The Morgan fingerprint density at radius 3 is 2.25 bits per heavy atom. The van der Waals surface area contributed by atoms with Gasteiger partial charge in [-0.05, 0) is 18.8 Å². The quantitative estimate of drug-likeness (QED) is 0.304. The van der Waals surface area contributed by atoms with Crippen molar-refractivity contribution in [1.29, 1.82) is 0 Å². The van der Waals surface area contributed by atoms with Gasteiger partial charge in [0.2, 0.25) is 0 Å². The molecule has 0 aromatic rings. The van der Waals surface area contributed by atoms with Crippen LogP contribution in [0.15, 0.2) is 25.3 Å². The van der Waals surface area contributed by atoms with E-state index in [0.29, 0.717) is 16.4 Å². The monoisotopic (exact) mass is 368 g/mol. The first-order valence-electron chi connectivity index (χ1n) is 6.80. The van der Waals surface area contributed by atoms with E-state index in [-0.39, 0.29) is 0 Å². The fourth-order valence-electron chi connectivity index (χ4n) is 2.08. The van der Waals surface area contributed by atoms with Crippen molar-refractivity contribution in [1.82, 2.24) is 0 Å². The summed E-state index contributed by atoms with van der Waals surface area (Å²) in [5, 5.41) is 0.727. The standard InChI is InChI=1S/C14H24OS5/c1-4-8-16-18-10-13-7-6-12(3)20(15)14(13)11-19-17-9-5-2/h4-5,12-14H,1-2,6-11H2,3H3/t12?,13-,14-,20?/m0/s1. The van der Waals surface area contributed by atoms with Gasteiger partial charge in [0, 0.05) is 44.3 Å². The van der Waals surface area contributed by atoms with Crippen LogP contribution in [-0.4, -0.2) is 37.7 Å². The maximum absolute atomic E-state index is 12.5. The molecule has 0 amide bonds. The fraction of sp³-hybridized carbons (Fsp3) is 0.714. The predicted molar refractivity (Wildman–Crippen MR) is 104 cm³/mol. The second-order valence-electron chi connectivity index (χ2n) is 4.73. The van der Waals surface area contributed by atoms with Crippen LogP contribution >= 0.6 is 43.2 Å². The summed E-state index contributed by atoms with van der Waals surface area (Å²) in [4.78, 5) is 0. The molecule has 0 bridgehead atoms. The van der Waals surface area contributed by atoms with Crippen molar-refractivity contribution in [3.63, 3.8) is 0 Å². The van der Waals surface area contributed by atoms with Gasteiger partial charge in [0.05, 0.1) is 0 Å². The van der Waals surface area contributed by atoms with Gasteiger partial charge in [0.15, 0.2) is 0 Å². The summed E-state index contributed by atoms with van der Waals surface area (Å²) in [7, 11) is 6.78. The molecule has 1 aliphatic rings. The Hall–Kier alpha value is 1.03. The Morgan fingerprint density at radius 2 is 1.65 bits per heavy atom. The third kappa shape index (κ3) is 6.86. The van der Waals surface area contributed by atoms with Crippen molar-refractivity contribution in [2.75, 3.05) is 23.0 Å². The van der Waals surface area contributed by atoms with Gasteiger partial charge in [-0.2, -0.15) is 0 Å². The smallest absolute Gasteiger partial charge is 0.0485 e. The topological polar surface area (TPSA) is 17.1 Å². The highest BCUT2D eigenvalue weighted by molar-refractivity contribution is 8.77. The zero-order chi connectivity index (χ0) is 14.8. The molecule has 0 spiro atoms. The summed E-state index contributed by atoms with van der Waals surface area (Å²) in [5.74, 6) is 4.69. The van der Waals surface area contributed by atoms with E-state index in [0.717, 1.165) is 29.4 Å². The van der Waals surface area contributed by atoms with Crippen LogP contribution in [0.5, 0.6) is 0 Å². The minimum Gasteiger partial charge on any atom is -0.259 e. The number of hydrogen-bond donors (Lipinski definition) is 0. The van der Waals surface area contributed by atoms with Gasteiger partial charge in [-0.1, -0.05) is 62.3 Å². The summed E-state index contributed by atoms with van der Waals surface area (Å²) >= 11 is 0. The Balaban J connectivity index is 2.43. The van der Waals surface area contributed by atoms with Crippen molar-refractivity contribution < 1.29 is 4.21 Å². The van der Waals surface area contributed by atoms with Crippen LogP contribution in [0.25, 0.3) is 0 Å². The van der Waals surface area contributed by atoms with Gasteiger partial charge in [0.1, 0.15) is 0 Å². The molecule has 0 aliphatic carbocycles. The Bertz CT molecular complexity index is 321. The van der Waals surface area contributed by atoms with Gasteiger partial charge in [-0.25, -0.2) is 0 Å².